The van der Waals surface area contributed by atoms with Gasteiger partial charge in [0.25, 0.3) is 0 Å². The number of nitrogens with zero attached hydrogens (tertiary/aromatic N) is 3. The number of benzene rings is 1. The van der Waals surface area contributed by atoms with Gasteiger partial charge in [0, 0.05) is 18.7 Å². The van der Waals surface area contributed by atoms with Crippen LogP contribution in [0.1, 0.15) is 12.1 Å². The molecule has 1 fully saturated rings. The molecule has 0 spiro atoms. The number of carbonyl (C=O) groups excluding carboxylic acids is 1. The fourth-order valence-electron chi connectivity index (χ4n) is 3.15. The van der Waals surface area contributed by atoms with Gasteiger partial charge in [0.2, 0.25) is 5.91 Å². The van der Waals surface area contributed by atoms with E-state index in [2.05, 4.69) is 15.6 Å². The fourth-order valence-corrected chi connectivity index (χ4v) is 3.15. The predicted octanol–water partition coefficient (Wildman–Crippen LogP) is 1.14. The van der Waals surface area contributed by atoms with Crippen molar-refractivity contribution >= 4 is 5.91 Å². The zero-order chi connectivity index (χ0) is 17.2. The van der Waals surface area contributed by atoms with Crippen LogP contribution < -0.4 is 5.32 Å². The second-order valence-electron chi connectivity index (χ2n) is 6.32. The number of halogens is 1. The normalized spacial score (nSPS) is 22.6. The van der Waals surface area contributed by atoms with Crippen molar-refractivity contribution in [1.29, 1.82) is 0 Å². The number of hydrogen-bond donors (Lipinski definition) is 1. The van der Waals surface area contributed by atoms with E-state index in [0.29, 0.717) is 44.2 Å². The zero-order valence-electron chi connectivity index (χ0n) is 13.7. The van der Waals surface area contributed by atoms with Crippen LogP contribution in [-0.2, 0) is 27.4 Å². The van der Waals surface area contributed by atoms with E-state index in [1.54, 1.807) is 16.8 Å². The van der Waals surface area contributed by atoms with E-state index >= 15 is 0 Å². The summed E-state index contributed by atoms with van der Waals surface area (Å²) in [6, 6.07) is 6.26. The minimum Gasteiger partial charge on any atom is -0.381 e. The number of nitrogens with one attached hydrogen (secondary N) is 1. The largest absolute Gasteiger partial charge is 0.381 e. The number of rotatable bonds is 4. The molecule has 0 aliphatic carbocycles. The third-order valence-electron chi connectivity index (χ3n) is 4.57. The van der Waals surface area contributed by atoms with Crippen molar-refractivity contribution < 1.29 is 18.7 Å². The van der Waals surface area contributed by atoms with E-state index in [0.717, 1.165) is 12.1 Å². The highest BCUT2D eigenvalue weighted by Crippen LogP contribution is 2.25. The van der Waals surface area contributed by atoms with E-state index in [9.17, 15) is 9.18 Å². The fraction of sp³-hybridized carbons (Fsp3) is 0.471. The lowest BCUT2D eigenvalue weighted by molar-refractivity contribution is -0.126. The summed E-state index contributed by atoms with van der Waals surface area (Å²) in [5.41, 5.74) is 2.13. The summed E-state index contributed by atoms with van der Waals surface area (Å²) in [6.45, 7) is 2.37. The SMILES string of the molecule is O=C(NC[C@@H]1Cn2nnc(-c3cccc(F)c3)c2CO1)[C@@H]1CCOC1. The van der Waals surface area contributed by atoms with Crippen LogP contribution in [-0.4, -0.2) is 46.8 Å². The van der Waals surface area contributed by atoms with Crippen molar-refractivity contribution in [3.05, 3.63) is 35.8 Å². The smallest absolute Gasteiger partial charge is 0.225 e. The molecule has 1 aromatic heterocycles. The first-order valence-electron chi connectivity index (χ1n) is 8.36. The Morgan fingerprint density at radius 3 is 3.16 bits per heavy atom. The van der Waals surface area contributed by atoms with Crippen molar-refractivity contribution in [2.24, 2.45) is 5.92 Å². The minimum atomic E-state index is -0.313. The molecule has 2 aliphatic heterocycles. The van der Waals surface area contributed by atoms with E-state index in [1.165, 1.54) is 12.1 Å². The second-order valence-corrected chi connectivity index (χ2v) is 6.32. The maximum atomic E-state index is 13.4. The number of hydrogen-bond acceptors (Lipinski definition) is 5. The van der Waals surface area contributed by atoms with E-state index in [-0.39, 0.29) is 23.7 Å². The molecule has 1 saturated heterocycles. The highest BCUT2D eigenvalue weighted by atomic mass is 19.1. The third kappa shape index (κ3) is 3.40. The highest BCUT2D eigenvalue weighted by molar-refractivity contribution is 5.79. The summed E-state index contributed by atoms with van der Waals surface area (Å²) in [7, 11) is 0. The van der Waals surface area contributed by atoms with Gasteiger partial charge < -0.3 is 14.8 Å². The molecule has 1 N–H and O–H groups in total. The van der Waals surface area contributed by atoms with Crippen LogP contribution in [0.5, 0.6) is 0 Å². The molecule has 132 valence electrons. The first-order valence-corrected chi connectivity index (χ1v) is 8.36. The van der Waals surface area contributed by atoms with Gasteiger partial charge in [-0.2, -0.15) is 0 Å². The molecule has 2 atom stereocenters. The average Bonchev–Trinajstić information content (AvgIpc) is 3.29. The quantitative estimate of drug-likeness (QED) is 0.898. The number of carbonyl (C=O) groups is 1. The molecule has 1 amide bonds. The zero-order valence-corrected chi connectivity index (χ0v) is 13.7. The van der Waals surface area contributed by atoms with Crippen LogP contribution >= 0.6 is 0 Å². The maximum Gasteiger partial charge on any atom is 0.225 e. The summed E-state index contributed by atoms with van der Waals surface area (Å²) >= 11 is 0. The molecule has 4 rings (SSSR count). The molecular weight excluding hydrogens is 327 g/mol. The van der Waals surface area contributed by atoms with Gasteiger partial charge in [-0.3, -0.25) is 4.79 Å². The number of amides is 1. The van der Waals surface area contributed by atoms with Gasteiger partial charge in [-0.1, -0.05) is 17.3 Å². The van der Waals surface area contributed by atoms with Crippen LogP contribution in [0.25, 0.3) is 11.3 Å². The topological polar surface area (TPSA) is 78.3 Å². The summed E-state index contributed by atoms with van der Waals surface area (Å²) in [6.07, 6.45) is 0.600. The lowest BCUT2D eigenvalue weighted by Gasteiger charge is -2.24. The predicted molar refractivity (Wildman–Crippen MR) is 85.9 cm³/mol. The van der Waals surface area contributed by atoms with Crippen molar-refractivity contribution in [3.63, 3.8) is 0 Å². The van der Waals surface area contributed by atoms with Crippen molar-refractivity contribution in [1.82, 2.24) is 20.3 Å². The van der Waals surface area contributed by atoms with Crippen molar-refractivity contribution in [2.75, 3.05) is 19.8 Å². The number of aromatic nitrogens is 3. The monoisotopic (exact) mass is 346 g/mol. The Bertz CT molecular complexity index is 773. The molecule has 0 unspecified atom stereocenters. The highest BCUT2D eigenvalue weighted by Gasteiger charge is 2.27. The van der Waals surface area contributed by atoms with Gasteiger partial charge in [-0.25, -0.2) is 9.07 Å². The Kier molecular flexibility index (Phi) is 4.46. The summed E-state index contributed by atoms with van der Waals surface area (Å²) < 4.78 is 26.2. The molecule has 2 aromatic rings. The molecule has 2 aliphatic rings. The second kappa shape index (κ2) is 6.89. The Hall–Kier alpha value is -2.32. The summed E-state index contributed by atoms with van der Waals surface area (Å²) in [5.74, 6) is -0.372. The molecule has 3 heterocycles. The van der Waals surface area contributed by atoms with Crippen LogP contribution in [0.3, 0.4) is 0 Å². The van der Waals surface area contributed by atoms with Gasteiger partial charge in [0.05, 0.1) is 37.5 Å². The van der Waals surface area contributed by atoms with Crippen LogP contribution in [0.4, 0.5) is 4.39 Å². The van der Waals surface area contributed by atoms with E-state index in [1.807, 2.05) is 0 Å². The molecular formula is C17H19FN4O3. The van der Waals surface area contributed by atoms with Gasteiger partial charge in [0.15, 0.2) is 0 Å². The van der Waals surface area contributed by atoms with Crippen LogP contribution in [0.15, 0.2) is 24.3 Å². The molecule has 0 radical (unpaired) electrons. The van der Waals surface area contributed by atoms with Crippen molar-refractivity contribution in [2.45, 2.75) is 25.7 Å². The van der Waals surface area contributed by atoms with Gasteiger partial charge in [-0.05, 0) is 18.6 Å². The van der Waals surface area contributed by atoms with Gasteiger partial charge in [-0.15, -0.1) is 5.10 Å². The molecule has 0 saturated carbocycles. The molecule has 0 bridgehead atoms. The number of ether oxygens (including phenoxy) is 2. The summed E-state index contributed by atoms with van der Waals surface area (Å²) in [4.78, 5) is 12.0. The lowest BCUT2D eigenvalue weighted by Crippen LogP contribution is -2.41. The first-order chi connectivity index (χ1) is 12.2. The lowest BCUT2D eigenvalue weighted by atomic mass is 10.1. The van der Waals surface area contributed by atoms with Gasteiger partial charge in [0.1, 0.15) is 11.5 Å². The Balaban J connectivity index is 1.40. The van der Waals surface area contributed by atoms with Crippen molar-refractivity contribution in [3.8, 4) is 11.3 Å². The summed E-state index contributed by atoms with van der Waals surface area (Å²) in [5, 5.41) is 11.2. The Labute approximate surface area is 144 Å². The standard InChI is InChI=1S/C17H19FN4O3/c18-13-3-1-2-11(6-13)16-15-10-25-14(8-22(15)21-20-16)7-19-17(23)12-4-5-24-9-12/h1-3,6,12,14H,4-5,7-10H2,(H,19,23)/t12-,14-/m1/s1. The van der Waals surface area contributed by atoms with Gasteiger partial charge >= 0.3 is 0 Å². The average molecular weight is 346 g/mol. The Morgan fingerprint density at radius 2 is 2.36 bits per heavy atom. The number of fused-ring (bicyclic) bond motifs is 1. The molecule has 8 heteroatoms. The van der Waals surface area contributed by atoms with E-state index < -0.39 is 0 Å². The van der Waals surface area contributed by atoms with E-state index in [4.69, 9.17) is 9.47 Å². The maximum absolute atomic E-state index is 13.4. The Morgan fingerprint density at radius 1 is 1.44 bits per heavy atom. The molecule has 1 aromatic carbocycles. The molecule has 25 heavy (non-hydrogen) atoms. The van der Waals surface area contributed by atoms with Crippen LogP contribution in [0.2, 0.25) is 0 Å². The third-order valence-corrected chi connectivity index (χ3v) is 4.57. The minimum absolute atomic E-state index is 0.00550. The molecule has 7 nitrogen and oxygen atoms in total. The first kappa shape index (κ1) is 16.2. The van der Waals surface area contributed by atoms with Crippen LogP contribution in [0, 0.1) is 11.7 Å².